The molecule has 2 rings (SSSR count). The van der Waals surface area contributed by atoms with Gasteiger partial charge in [0.1, 0.15) is 0 Å². The third-order valence-electron chi connectivity index (χ3n) is 2.29. The molecule has 1 aromatic rings. The molecule has 0 N–H and O–H groups in total. The van der Waals surface area contributed by atoms with Crippen molar-refractivity contribution in [2.24, 2.45) is 4.99 Å². The number of aliphatic imine (C=N–C) groups is 1. The highest BCUT2D eigenvalue weighted by Gasteiger charge is 2.35. The van der Waals surface area contributed by atoms with E-state index < -0.39 is 18.1 Å². The highest BCUT2D eigenvalue weighted by atomic mass is 79.9. The summed E-state index contributed by atoms with van der Waals surface area (Å²) in [5, 5.41) is 0. The maximum atomic E-state index is 11.6. The number of halogens is 1. The molecule has 0 bridgehead atoms. The summed E-state index contributed by atoms with van der Waals surface area (Å²) in [4.78, 5) is 19.8. The number of esters is 1. The van der Waals surface area contributed by atoms with Crippen LogP contribution in [0.3, 0.4) is 0 Å². The molecule has 2 atom stereocenters. The van der Waals surface area contributed by atoms with E-state index in [0.717, 1.165) is 4.47 Å². The van der Waals surface area contributed by atoms with Gasteiger partial charge in [-0.1, -0.05) is 0 Å². The number of carbonyl (C=O) groups excluding carboxylic acids is 1. The Labute approximate surface area is 107 Å². The predicted octanol–water partition coefficient (Wildman–Crippen LogP) is 1.88. The van der Waals surface area contributed by atoms with Crippen molar-refractivity contribution < 1.29 is 14.3 Å². The van der Waals surface area contributed by atoms with E-state index in [9.17, 15) is 4.79 Å². The third kappa shape index (κ3) is 2.63. The maximum Gasteiger partial charge on any atom is 0.335 e. The lowest BCUT2D eigenvalue weighted by atomic mass is 10.1. The van der Waals surface area contributed by atoms with Gasteiger partial charge in [-0.25, -0.2) is 9.79 Å². The molecule has 0 saturated carbocycles. The van der Waals surface area contributed by atoms with Gasteiger partial charge in [-0.15, -0.1) is 0 Å². The Morgan fingerprint density at radius 3 is 3.06 bits per heavy atom. The molecule has 0 saturated heterocycles. The third-order valence-corrected chi connectivity index (χ3v) is 2.75. The van der Waals surface area contributed by atoms with Crippen molar-refractivity contribution in [3.05, 3.63) is 28.5 Å². The number of nitrogens with zero attached hydrogens (tertiary/aromatic N) is 2. The zero-order chi connectivity index (χ0) is 12.3. The molecule has 0 spiro atoms. The van der Waals surface area contributed by atoms with Crippen molar-refractivity contribution in [2.75, 3.05) is 6.61 Å². The molecule has 0 fully saturated rings. The molecule has 0 aromatic carbocycles. The fraction of sp³-hybridized carbons (Fsp3) is 0.364. The van der Waals surface area contributed by atoms with Crippen LogP contribution in [0.15, 0.2) is 27.8 Å². The molecule has 1 aliphatic rings. The van der Waals surface area contributed by atoms with Gasteiger partial charge in [0.15, 0.2) is 18.5 Å². The van der Waals surface area contributed by atoms with Gasteiger partial charge in [0.05, 0.1) is 12.3 Å². The molecule has 1 aliphatic heterocycles. The largest absolute Gasteiger partial charge is 0.471 e. The van der Waals surface area contributed by atoms with Gasteiger partial charge >= 0.3 is 5.97 Å². The lowest BCUT2D eigenvalue weighted by Crippen LogP contribution is -2.26. The highest BCUT2D eigenvalue weighted by molar-refractivity contribution is 9.10. The number of aromatic nitrogens is 1. The summed E-state index contributed by atoms with van der Waals surface area (Å²) in [5.74, 6) is -0.393. The predicted molar refractivity (Wildman–Crippen MR) is 64.7 cm³/mol. The van der Waals surface area contributed by atoms with Crippen LogP contribution in [-0.2, 0) is 14.3 Å². The first-order chi connectivity index (χ1) is 8.22. The van der Waals surface area contributed by atoms with Gasteiger partial charge in [0.25, 0.3) is 0 Å². The van der Waals surface area contributed by atoms with Crippen LogP contribution < -0.4 is 0 Å². The normalized spacial score (nSPS) is 22.2. The van der Waals surface area contributed by atoms with Crippen LogP contribution in [0.1, 0.15) is 18.7 Å². The first kappa shape index (κ1) is 12.0. The Morgan fingerprint density at radius 2 is 2.41 bits per heavy atom. The van der Waals surface area contributed by atoms with Gasteiger partial charge in [-0.3, -0.25) is 4.98 Å². The number of pyridine rings is 1. The van der Waals surface area contributed by atoms with Gasteiger partial charge < -0.3 is 9.47 Å². The second-order valence-electron chi connectivity index (χ2n) is 3.41. The zero-order valence-electron chi connectivity index (χ0n) is 9.17. The first-order valence-electron chi connectivity index (χ1n) is 5.17. The molecule has 0 radical (unpaired) electrons. The molecule has 1 aromatic heterocycles. The zero-order valence-corrected chi connectivity index (χ0v) is 10.8. The van der Waals surface area contributed by atoms with Crippen LogP contribution in [0, 0.1) is 0 Å². The molecule has 17 heavy (non-hydrogen) atoms. The molecular weight excluding hydrogens is 288 g/mol. The van der Waals surface area contributed by atoms with E-state index in [1.165, 1.54) is 6.40 Å². The van der Waals surface area contributed by atoms with E-state index in [2.05, 4.69) is 25.9 Å². The Hall–Kier alpha value is -1.43. The molecule has 2 heterocycles. The van der Waals surface area contributed by atoms with E-state index >= 15 is 0 Å². The van der Waals surface area contributed by atoms with Gasteiger partial charge in [-0.05, 0) is 35.0 Å². The van der Waals surface area contributed by atoms with Gasteiger partial charge in [0, 0.05) is 10.7 Å². The van der Waals surface area contributed by atoms with Crippen molar-refractivity contribution in [2.45, 2.75) is 19.1 Å². The van der Waals surface area contributed by atoms with Gasteiger partial charge in [-0.2, -0.15) is 0 Å². The standard InChI is InChI=1S/C11H11BrN2O3/c1-2-16-11(15)9-10(17-6-14-9)8-4-3-7(12)5-13-8/h3-6,9-10H,2H2,1H3. The van der Waals surface area contributed by atoms with Crippen molar-refractivity contribution in [1.29, 1.82) is 0 Å². The number of carbonyl (C=O) groups is 1. The summed E-state index contributed by atoms with van der Waals surface area (Å²) in [7, 11) is 0. The summed E-state index contributed by atoms with van der Waals surface area (Å²) >= 11 is 3.30. The molecule has 0 amide bonds. The Kier molecular flexibility index (Phi) is 3.73. The Morgan fingerprint density at radius 1 is 1.59 bits per heavy atom. The van der Waals surface area contributed by atoms with E-state index in [1.54, 1.807) is 19.2 Å². The average Bonchev–Trinajstić information content (AvgIpc) is 2.79. The second-order valence-corrected chi connectivity index (χ2v) is 4.33. The summed E-state index contributed by atoms with van der Waals surface area (Å²) in [6.07, 6.45) is 2.43. The summed E-state index contributed by atoms with van der Waals surface area (Å²) in [6, 6.07) is 2.96. The average molecular weight is 299 g/mol. The van der Waals surface area contributed by atoms with Crippen LogP contribution in [0.2, 0.25) is 0 Å². The van der Waals surface area contributed by atoms with Crippen molar-refractivity contribution in [3.63, 3.8) is 0 Å². The fourth-order valence-electron chi connectivity index (χ4n) is 1.52. The topological polar surface area (TPSA) is 60.8 Å². The van der Waals surface area contributed by atoms with Crippen LogP contribution in [0.25, 0.3) is 0 Å². The monoisotopic (exact) mass is 298 g/mol. The van der Waals surface area contributed by atoms with E-state index in [4.69, 9.17) is 9.47 Å². The maximum absolute atomic E-state index is 11.6. The minimum absolute atomic E-state index is 0.325. The summed E-state index contributed by atoms with van der Waals surface area (Å²) in [5.41, 5.74) is 0.656. The smallest absolute Gasteiger partial charge is 0.335 e. The highest BCUT2D eigenvalue weighted by Crippen LogP contribution is 2.26. The fourth-order valence-corrected chi connectivity index (χ4v) is 1.75. The van der Waals surface area contributed by atoms with E-state index in [0.29, 0.717) is 12.3 Å². The number of hydrogen-bond donors (Lipinski definition) is 0. The lowest BCUT2D eigenvalue weighted by Gasteiger charge is -2.15. The minimum atomic E-state index is -0.663. The second kappa shape index (κ2) is 5.27. The van der Waals surface area contributed by atoms with Crippen LogP contribution in [0.5, 0.6) is 0 Å². The van der Waals surface area contributed by atoms with Crippen LogP contribution >= 0.6 is 15.9 Å². The number of hydrogen-bond acceptors (Lipinski definition) is 5. The number of ether oxygens (including phenoxy) is 2. The summed E-state index contributed by atoms with van der Waals surface area (Å²) < 4.78 is 11.1. The lowest BCUT2D eigenvalue weighted by molar-refractivity contribution is -0.146. The SMILES string of the molecule is CCOC(=O)C1N=COC1c1ccc(Br)cn1. The first-order valence-corrected chi connectivity index (χ1v) is 5.97. The van der Waals surface area contributed by atoms with Crippen LogP contribution in [0.4, 0.5) is 0 Å². The van der Waals surface area contributed by atoms with Crippen molar-refractivity contribution >= 4 is 28.3 Å². The molecular formula is C11H11BrN2O3. The van der Waals surface area contributed by atoms with E-state index in [-0.39, 0.29) is 0 Å². The molecule has 5 nitrogen and oxygen atoms in total. The molecule has 0 aliphatic carbocycles. The van der Waals surface area contributed by atoms with Crippen molar-refractivity contribution in [3.8, 4) is 0 Å². The minimum Gasteiger partial charge on any atom is -0.471 e. The molecule has 90 valence electrons. The quantitative estimate of drug-likeness (QED) is 0.800. The van der Waals surface area contributed by atoms with Crippen molar-refractivity contribution in [1.82, 2.24) is 4.98 Å². The Bertz CT molecular complexity index is 433. The summed E-state index contributed by atoms with van der Waals surface area (Å²) in [6.45, 7) is 2.08. The molecule has 2 unspecified atom stereocenters. The Balaban J connectivity index is 2.15. The molecule has 6 heteroatoms. The van der Waals surface area contributed by atoms with Gasteiger partial charge in [0.2, 0.25) is 0 Å². The van der Waals surface area contributed by atoms with Crippen LogP contribution in [-0.4, -0.2) is 30.0 Å². The van der Waals surface area contributed by atoms with E-state index in [1.807, 2.05) is 6.07 Å². The number of rotatable bonds is 3.